The number of hydrazine groups is 1. The third-order valence-electron chi connectivity index (χ3n) is 2.91. The molecule has 0 fully saturated rings. The third kappa shape index (κ3) is 2.72. The van der Waals surface area contributed by atoms with Gasteiger partial charge in [0.15, 0.2) is 0 Å². The fourth-order valence-electron chi connectivity index (χ4n) is 1.95. The van der Waals surface area contributed by atoms with Gasteiger partial charge in [-0.15, -0.1) is 0 Å². The van der Waals surface area contributed by atoms with E-state index in [0.29, 0.717) is 6.42 Å². The fourth-order valence-corrected chi connectivity index (χ4v) is 1.95. The Morgan fingerprint density at radius 3 is 2.94 bits per heavy atom. The molecule has 0 saturated heterocycles. The lowest BCUT2D eigenvalue weighted by Crippen LogP contribution is -2.30. The van der Waals surface area contributed by atoms with Crippen molar-refractivity contribution in [1.29, 1.82) is 0 Å². The van der Waals surface area contributed by atoms with Crippen molar-refractivity contribution < 1.29 is 0 Å². The quantitative estimate of drug-likeness (QED) is 0.601. The number of hydrogen-bond donors (Lipinski definition) is 2. The summed E-state index contributed by atoms with van der Waals surface area (Å²) in [5, 5.41) is 4.16. The minimum atomic E-state index is 0.0150. The summed E-state index contributed by atoms with van der Waals surface area (Å²) < 4.78 is 1.87. The van der Waals surface area contributed by atoms with Crippen molar-refractivity contribution >= 4 is 0 Å². The van der Waals surface area contributed by atoms with Crippen LogP contribution in [0.1, 0.15) is 30.0 Å². The van der Waals surface area contributed by atoms with Gasteiger partial charge in [-0.1, -0.05) is 0 Å². The first-order chi connectivity index (χ1) is 8.74. The number of hydrogen-bond acceptors (Lipinski definition) is 5. The maximum absolute atomic E-state index is 5.64. The molecule has 1 atom stereocenters. The number of aryl methyl sites for hydroxylation is 2. The monoisotopic (exact) mass is 246 g/mol. The maximum Gasteiger partial charge on any atom is 0.138 e. The molecule has 2 heterocycles. The summed E-state index contributed by atoms with van der Waals surface area (Å²) in [6.07, 6.45) is 4.07. The van der Waals surface area contributed by atoms with E-state index in [1.165, 1.54) is 0 Å². The van der Waals surface area contributed by atoms with Crippen molar-refractivity contribution in [2.24, 2.45) is 5.84 Å². The van der Waals surface area contributed by atoms with Gasteiger partial charge >= 0.3 is 0 Å². The lowest BCUT2D eigenvalue weighted by molar-refractivity contribution is 0.509. The van der Waals surface area contributed by atoms with Crippen LogP contribution in [0.2, 0.25) is 0 Å². The second-order valence-electron chi connectivity index (χ2n) is 4.15. The molecule has 0 aliphatic rings. The average Bonchev–Trinajstić information content (AvgIpc) is 2.83. The van der Waals surface area contributed by atoms with E-state index in [1.807, 2.05) is 30.7 Å². The molecule has 6 heteroatoms. The first-order valence-electron chi connectivity index (χ1n) is 6.00. The summed E-state index contributed by atoms with van der Waals surface area (Å²) in [7, 11) is 0. The molecule has 0 aromatic carbocycles. The minimum absolute atomic E-state index is 0.0150. The van der Waals surface area contributed by atoms with Crippen molar-refractivity contribution in [3.05, 3.63) is 41.7 Å². The van der Waals surface area contributed by atoms with Crippen molar-refractivity contribution in [1.82, 2.24) is 25.2 Å². The highest BCUT2D eigenvalue weighted by Crippen LogP contribution is 2.16. The van der Waals surface area contributed by atoms with Crippen LogP contribution in [0.3, 0.4) is 0 Å². The number of aromatic nitrogens is 4. The number of nitrogens with two attached hydrogens (primary N) is 1. The minimum Gasteiger partial charge on any atom is -0.271 e. The molecule has 2 aromatic rings. The normalized spacial score (nSPS) is 12.6. The number of pyridine rings is 1. The molecule has 3 N–H and O–H groups in total. The Bertz CT molecular complexity index is 507. The van der Waals surface area contributed by atoms with Crippen LogP contribution in [0, 0.1) is 6.92 Å². The van der Waals surface area contributed by atoms with Gasteiger partial charge in [-0.2, -0.15) is 5.10 Å². The summed E-state index contributed by atoms with van der Waals surface area (Å²) in [5.41, 5.74) is 4.91. The maximum atomic E-state index is 5.64. The predicted molar refractivity (Wildman–Crippen MR) is 68.4 cm³/mol. The molecule has 0 spiro atoms. The van der Waals surface area contributed by atoms with Crippen LogP contribution in [-0.2, 0) is 13.0 Å². The van der Waals surface area contributed by atoms with E-state index in [2.05, 4.69) is 20.5 Å². The fraction of sp³-hybridized carbons (Fsp3) is 0.417. The van der Waals surface area contributed by atoms with E-state index in [0.717, 1.165) is 23.6 Å². The van der Waals surface area contributed by atoms with Crippen LogP contribution in [0.15, 0.2) is 24.7 Å². The molecular formula is C12H18N6. The second kappa shape index (κ2) is 5.70. The van der Waals surface area contributed by atoms with E-state index in [4.69, 9.17) is 5.84 Å². The lowest BCUT2D eigenvalue weighted by atomic mass is 10.0. The van der Waals surface area contributed by atoms with Gasteiger partial charge in [0.2, 0.25) is 0 Å². The predicted octanol–water partition coefficient (Wildman–Crippen LogP) is 0.749. The van der Waals surface area contributed by atoms with E-state index < -0.39 is 0 Å². The number of rotatable bonds is 5. The molecule has 2 rings (SSSR count). The summed E-state index contributed by atoms with van der Waals surface area (Å²) in [5.74, 6) is 6.56. The van der Waals surface area contributed by atoms with Gasteiger partial charge in [-0.25, -0.2) is 4.98 Å². The van der Waals surface area contributed by atoms with Crippen molar-refractivity contribution in [3.63, 3.8) is 0 Å². The van der Waals surface area contributed by atoms with Crippen molar-refractivity contribution in [2.45, 2.75) is 32.9 Å². The smallest absolute Gasteiger partial charge is 0.138 e. The molecule has 2 aromatic heterocycles. The molecule has 0 radical (unpaired) electrons. The van der Waals surface area contributed by atoms with E-state index in [-0.39, 0.29) is 6.04 Å². The Labute approximate surface area is 106 Å². The Kier molecular flexibility index (Phi) is 4.01. The van der Waals surface area contributed by atoms with Crippen LogP contribution in [0.4, 0.5) is 0 Å². The molecule has 6 nitrogen and oxygen atoms in total. The Balaban J connectivity index is 2.20. The van der Waals surface area contributed by atoms with Crippen molar-refractivity contribution in [2.75, 3.05) is 0 Å². The van der Waals surface area contributed by atoms with Crippen LogP contribution in [0.25, 0.3) is 0 Å². The van der Waals surface area contributed by atoms with Gasteiger partial charge < -0.3 is 0 Å². The van der Waals surface area contributed by atoms with E-state index in [1.54, 1.807) is 12.5 Å². The van der Waals surface area contributed by atoms with Crippen LogP contribution in [0.5, 0.6) is 0 Å². The second-order valence-corrected chi connectivity index (χ2v) is 4.15. The summed E-state index contributed by atoms with van der Waals surface area (Å²) in [6.45, 7) is 4.81. The van der Waals surface area contributed by atoms with Gasteiger partial charge in [0.25, 0.3) is 0 Å². The molecule has 1 unspecified atom stereocenters. The lowest BCUT2D eigenvalue weighted by Gasteiger charge is -2.16. The van der Waals surface area contributed by atoms with Crippen molar-refractivity contribution in [3.8, 4) is 0 Å². The highest BCUT2D eigenvalue weighted by atomic mass is 15.3. The standard InChI is InChI=1S/C12H18N6/c1-3-18-12(15-8-16-18)7-11(17-13)10-4-5-14-9(2)6-10/h4-6,8,11,17H,3,7,13H2,1-2H3. The van der Waals surface area contributed by atoms with Gasteiger partial charge in [-0.3, -0.25) is 20.9 Å². The Morgan fingerprint density at radius 2 is 2.28 bits per heavy atom. The highest BCUT2D eigenvalue weighted by molar-refractivity contribution is 5.20. The molecule has 0 bridgehead atoms. The van der Waals surface area contributed by atoms with Gasteiger partial charge in [0, 0.05) is 24.9 Å². The number of nitrogens with one attached hydrogen (secondary N) is 1. The van der Waals surface area contributed by atoms with Gasteiger partial charge in [0.1, 0.15) is 12.2 Å². The first kappa shape index (κ1) is 12.7. The topological polar surface area (TPSA) is 81.7 Å². The molecule has 0 amide bonds. The van der Waals surface area contributed by atoms with Gasteiger partial charge in [0.05, 0.1) is 6.04 Å². The van der Waals surface area contributed by atoms with Crippen LogP contribution >= 0.6 is 0 Å². The molecule has 0 aliphatic carbocycles. The van der Waals surface area contributed by atoms with E-state index >= 15 is 0 Å². The van der Waals surface area contributed by atoms with Crippen LogP contribution < -0.4 is 11.3 Å². The molecule has 0 saturated carbocycles. The first-order valence-corrected chi connectivity index (χ1v) is 6.00. The Morgan fingerprint density at radius 1 is 1.44 bits per heavy atom. The average molecular weight is 246 g/mol. The third-order valence-corrected chi connectivity index (χ3v) is 2.91. The molecule has 96 valence electrons. The molecular weight excluding hydrogens is 228 g/mol. The van der Waals surface area contributed by atoms with Crippen LogP contribution in [-0.4, -0.2) is 19.7 Å². The summed E-state index contributed by atoms with van der Waals surface area (Å²) in [4.78, 5) is 8.45. The molecule has 0 aliphatic heterocycles. The number of nitrogens with zero attached hydrogens (tertiary/aromatic N) is 4. The zero-order valence-corrected chi connectivity index (χ0v) is 10.7. The van der Waals surface area contributed by atoms with E-state index in [9.17, 15) is 0 Å². The highest BCUT2D eigenvalue weighted by Gasteiger charge is 2.14. The summed E-state index contributed by atoms with van der Waals surface area (Å²) >= 11 is 0. The summed E-state index contributed by atoms with van der Waals surface area (Å²) in [6, 6.07) is 4.00. The van der Waals surface area contributed by atoms with Gasteiger partial charge in [-0.05, 0) is 31.5 Å². The zero-order valence-electron chi connectivity index (χ0n) is 10.7. The Hall–Kier alpha value is -1.79. The SMILES string of the molecule is CCn1ncnc1CC(NN)c1ccnc(C)c1. The zero-order chi connectivity index (χ0) is 13.0. The molecule has 18 heavy (non-hydrogen) atoms. The largest absolute Gasteiger partial charge is 0.271 e.